The molecular formula is C14H16N2OS. The van der Waals surface area contributed by atoms with Crippen molar-refractivity contribution in [3.63, 3.8) is 0 Å². The first-order valence-corrected chi connectivity index (χ1v) is 6.94. The standard InChI is InChI=1S/C14H16N2OS/c1-3-14(2,9-15)16-13(17)12-8-10-6-4-5-7-11(10)18-12/h4-7,12H,3,8H2,1-2H3,(H,16,17). The van der Waals surface area contributed by atoms with E-state index in [4.69, 9.17) is 5.26 Å². The first-order chi connectivity index (χ1) is 8.58. The lowest BCUT2D eigenvalue weighted by Gasteiger charge is -2.23. The Morgan fingerprint density at radius 3 is 2.94 bits per heavy atom. The van der Waals surface area contributed by atoms with Gasteiger partial charge in [-0.15, -0.1) is 11.8 Å². The minimum absolute atomic E-state index is 0.0397. The summed E-state index contributed by atoms with van der Waals surface area (Å²) in [6.45, 7) is 3.66. The minimum Gasteiger partial charge on any atom is -0.337 e. The maximum Gasteiger partial charge on any atom is 0.235 e. The molecule has 1 heterocycles. The van der Waals surface area contributed by atoms with Gasteiger partial charge in [0.05, 0.1) is 11.3 Å². The summed E-state index contributed by atoms with van der Waals surface area (Å²) >= 11 is 1.58. The number of nitrogens with one attached hydrogen (secondary N) is 1. The average Bonchev–Trinajstić information content (AvgIpc) is 2.82. The van der Waals surface area contributed by atoms with Crippen LogP contribution in [0.3, 0.4) is 0 Å². The van der Waals surface area contributed by atoms with Crippen molar-refractivity contribution in [2.45, 2.75) is 42.4 Å². The number of nitrogens with zero attached hydrogens (tertiary/aromatic N) is 1. The monoisotopic (exact) mass is 260 g/mol. The van der Waals surface area contributed by atoms with Gasteiger partial charge in [-0.3, -0.25) is 4.79 Å². The molecule has 0 spiro atoms. The molecule has 0 fully saturated rings. The maximum absolute atomic E-state index is 12.2. The summed E-state index contributed by atoms with van der Waals surface area (Å²) in [6.07, 6.45) is 1.36. The predicted octanol–water partition coefficient (Wildman–Crippen LogP) is 2.51. The van der Waals surface area contributed by atoms with Gasteiger partial charge in [0.25, 0.3) is 0 Å². The second-order valence-electron chi connectivity index (χ2n) is 4.71. The summed E-state index contributed by atoms with van der Waals surface area (Å²) in [5.41, 5.74) is 0.463. The van der Waals surface area contributed by atoms with E-state index in [1.165, 1.54) is 10.5 Å². The fraction of sp³-hybridized carbons (Fsp3) is 0.429. The van der Waals surface area contributed by atoms with E-state index in [1.807, 2.05) is 25.1 Å². The summed E-state index contributed by atoms with van der Waals surface area (Å²) in [5.74, 6) is -0.0397. The third-order valence-corrected chi connectivity index (χ3v) is 4.61. The van der Waals surface area contributed by atoms with Crippen LogP contribution in [0.15, 0.2) is 29.2 Å². The van der Waals surface area contributed by atoms with Crippen LogP contribution >= 0.6 is 11.8 Å². The summed E-state index contributed by atoms with van der Waals surface area (Å²) in [4.78, 5) is 13.3. The number of carbonyl (C=O) groups excluding carboxylic acids is 1. The molecule has 0 bridgehead atoms. The third-order valence-electron chi connectivity index (χ3n) is 3.29. The second kappa shape index (κ2) is 5.03. The van der Waals surface area contributed by atoms with E-state index in [9.17, 15) is 4.79 Å². The van der Waals surface area contributed by atoms with Crippen LogP contribution in [0.2, 0.25) is 0 Å². The first-order valence-electron chi connectivity index (χ1n) is 6.06. The lowest BCUT2D eigenvalue weighted by atomic mass is 10.0. The van der Waals surface area contributed by atoms with Crippen molar-refractivity contribution in [1.82, 2.24) is 5.32 Å². The summed E-state index contributed by atoms with van der Waals surface area (Å²) in [5, 5.41) is 11.8. The molecule has 1 aliphatic rings. The molecule has 0 aromatic heterocycles. The Bertz CT molecular complexity index is 484. The van der Waals surface area contributed by atoms with Gasteiger partial charge in [-0.05, 0) is 31.4 Å². The van der Waals surface area contributed by atoms with Crippen molar-refractivity contribution in [3.8, 4) is 6.07 Å². The van der Waals surface area contributed by atoms with Crippen LogP contribution in [0, 0.1) is 11.3 Å². The molecule has 0 radical (unpaired) electrons. The van der Waals surface area contributed by atoms with Gasteiger partial charge in [-0.2, -0.15) is 5.26 Å². The van der Waals surface area contributed by atoms with Gasteiger partial charge in [-0.1, -0.05) is 25.1 Å². The molecule has 1 amide bonds. The summed E-state index contributed by atoms with van der Waals surface area (Å²) in [7, 11) is 0. The number of fused-ring (bicyclic) bond motifs is 1. The van der Waals surface area contributed by atoms with Gasteiger partial charge in [0.1, 0.15) is 5.54 Å². The number of rotatable bonds is 3. The molecule has 2 atom stereocenters. The Hall–Kier alpha value is -1.47. The molecule has 2 unspecified atom stereocenters. The average molecular weight is 260 g/mol. The molecule has 1 aromatic rings. The van der Waals surface area contributed by atoms with Gasteiger partial charge in [0, 0.05) is 4.90 Å². The highest BCUT2D eigenvalue weighted by molar-refractivity contribution is 8.01. The molecule has 3 nitrogen and oxygen atoms in total. The smallest absolute Gasteiger partial charge is 0.235 e. The largest absolute Gasteiger partial charge is 0.337 e. The Kier molecular flexibility index (Phi) is 3.63. The third kappa shape index (κ3) is 2.51. The van der Waals surface area contributed by atoms with E-state index in [0.717, 1.165) is 6.42 Å². The lowest BCUT2D eigenvalue weighted by Crippen LogP contribution is -2.47. The van der Waals surface area contributed by atoms with E-state index in [0.29, 0.717) is 6.42 Å². The normalized spacial score (nSPS) is 20.6. The molecule has 94 valence electrons. The first kappa shape index (κ1) is 13.0. The van der Waals surface area contributed by atoms with Crippen LogP contribution in [0.5, 0.6) is 0 Å². The Balaban J connectivity index is 2.04. The van der Waals surface area contributed by atoms with Crippen molar-refractivity contribution in [2.75, 3.05) is 0 Å². The number of thioether (sulfide) groups is 1. The van der Waals surface area contributed by atoms with Crippen molar-refractivity contribution in [2.24, 2.45) is 0 Å². The van der Waals surface area contributed by atoms with E-state index in [1.54, 1.807) is 18.7 Å². The van der Waals surface area contributed by atoms with Gasteiger partial charge in [0.15, 0.2) is 0 Å². The fourth-order valence-electron chi connectivity index (χ4n) is 1.88. The van der Waals surface area contributed by atoms with Crippen molar-refractivity contribution < 1.29 is 4.79 Å². The van der Waals surface area contributed by atoms with Crippen molar-refractivity contribution in [3.05, 3.63) is 29.8 Å². The fourth-order valence-corrected chi connectivity index (χ4v) is 3.07. The molecular weight excluding hydrogens is 244 g/mol. The number of hydrogen-bond donors (Lipinski definition) is 1. The second-order valence-corrected chi connectivity index (χ2v) is 5.95. The minimum atomic E-state index is -0.758. The highest BCUT2D eigenvalue weighted by atomic mass is 32.2. The van der Waals surface area contributed by atoms with Crippen LogP contribution in [-0.4, -0.2) is 16.7 Å². The maximum atomic E-state index is 12.2. The Morgan fingerprint density at radius 1 is 1.61 bits per heavy atom. The Morgan fingerprint density at radius 2 is 2.33 bits per heavy atom. The lowest BCUT2D eigenvalue weighted by molar-refractivity contribution is -0.121. The zero-order valence-electron chi connectivity index (χ0n) is 10.6. The van der Waals surface area contributed by atoms with Crippen LogP contribution < -0.4 is 5.32 Å². The van der Waals surface area contributed by atoms with Crippen LogP contribution in [-0.2, 0) is 11.2 Å². The molecule has 0 saturated heterocycles. The zero-order valence-corrected chi connectivity index (χ0v) is 11.4. The SMILES string of the molecule is CCC(C)(C#N)NC(=O)C1Cc2ccccc2S1. The number of benzene rings is 1. The highest BCUT2D eigenvalue weighted by Crippen LogP contribution is 2.37. The number of carbonyl (C=O) groups is 1. The van der Waals surface area contributed by atoms with Crippen molar-refractivity contribution >= 4 is 17.7 Å². The van der Waals surface area contributed by atoms with Gasteiger partial charge >= 0.3 is 0 Å². The van der Waals surface area contributed by atoms with E-state index in [-0.39, 0.29) is 11.2 Å². The highest BCUT2D eigenvalue weighted by Gasteiger charge is 2.32. The molecule has 1 N–H and O–H groups in total. The topological polar surface area (TPSA) is 52.9 Å². The quantitative estimate of drug-likeness (QED) is 0.908. The molecule has 0 aliphatic carbocycles. The van der Waals surface area contributed by atoms with Crippen LogP contribution in [0.1, 0.15) is 25.8 Å². The molecule has 4 heteroatoms. The zero-order chi connectivity index (χ0) is 13.2. The van der Waals surface area contributed by atoms with E-state index >= 15 is 0 Å². The van der Waals surface area contributed by atoms with Crippen molar-refractivity contribution in [1.29, 1.82) is 5.26 Å². The molecule has 0 saturated carbocycles. The number of nitriles is 1. The summed E-state index contributed by atoms with van der Waals surface area (Å²) < 4.78 is 0. The number of amides is 1. The van der Waals surface area contributed by atoms with Gasteiger partial charge in [-0.25, -0.2) is 0 Å². The van der Waals surface area contributed by atoms with Gasteiger partial charge < -0.3 is 5.32 Å². The Labute approximate surface area is 112 Å². The molecule has 2 rings (SSSR count). The van der Waals surface area contributed by atoms with E-state index in [2.05, 4.69) is 17.5 Å². The molecule has 1 aliphatic heterocycles. The van der Waals surface area contributed by atoms with Crippen LogP contribution in [0.4, 0.5) is 0 Å². The predicted molar refractivity (Wildman–Crippen MR) is 72.2 cm³/mol. The van der Waals surface area contributed by atoms with Crippen LogP contribution in [0.25, 0.3) is 0 Å². The molecule has 18 heavy (non-hydrogen) atoms. The van der Waals surface area contributed by atoms with E-state index < -0.39 is 5.54 Å². The number of hydrogen-bond acceptors (Lipinski definition) is 3. The summed E-state index contributed by atoms with van der Waals surface area (Å²) in [6, 6.07) is 10.2. The molecule has 1 aromatic carbocycles. The van der Waals surface area contributed by atoms with Gasteiger partial charge in [0.2, 0.25) is 5.91 Å².